The lowest BCUT2D eigenvalue weighted by Crippen LogP contribution is -2.44. The molecule has 0 unspecified atom stereocenters. The van der Waals surface area contributed by atoms with Gasteiger partial charge in [0.15, 0.2) is 0 Å². The summed E-state index contributed by atoms with van der Waals surface area (Å²) in [6, 6.07) is 10.8. The Kier molecular flexibility index (Phi) is 9.47. The Bertz CT molecular complexity index is 1090. The van der Waals surface area contributed by atoms with Crippen molar-refractivity contribution in [2.45, 2.75) is 76.3 Å². The number of likely N-dealkylation sites (tertiary alicyclic amines) is 2. The van der Waals surface area contributed by atoms with E-state index < -0.39 is 0 Å². The molecular weight excluding hydrogens is 494 g/mol. The zero-order valence-electron chi connectivity index (χ0n) is 22.4. The molecule has 204 valence electrons. The average Bonchev–Trinajstić information content (AvgIpc) is 3.46. The van der Waals surface area contributed by atoms with E-state index in [9.17, 15) is 9.59 Å². The maximum atomic E-state index is 12.9. The van der Waals surface area contributed by atoms with E-state index in [1.807, 2.05) is 10.3 Å². The highest BCUT2D eigenvalue weighted by Crippen LogP contribution is 2.30. The van der Waals surface area contributed by atoms with Crippen molar-refractivity contribution >= 4 is 23.3 Å². The molecule has 2 aliphatic heterocycles. The Morgan fingerprint density at radius 3 is 2.53 bits per heavy atom. The van der Waals surface area contributed by atoms with Crippen LogP contribution in [0.3, 0.4) is 0 Å². The molecule has 0 bridgehead atoms. The lowest BCUT2D eigenvalue weighted by Gasteiger charge is -2.32. The van der Waals surface area contributed by atoms with Gasteiger partial charge < -0.3 is 15.5 Å². The number of aromatic nitrogens is 1. The molecule has 0 saturated carbocycles. The summed E-state index contributed by atoms with van der Waals surface area (Å²) in [4.78, 5) is 34.6. The van der Waals surface area contributed by atoms with E-state index in [0.29, 0.717) is 11.6 Å². The number of allylic oxidation sites excluding steroid dienone is 1. The van der Waals surface area contributed by atoms with Crippen LogP contribution in [0.5, 0.6) is 0 Å². The largest absolute Gasteiger partial charge is 0.348 e. The molecule has 2 aromatic rings. The summed E-state index contributed by atoms with van der Waals surface area (Å²) >= 11 is 1.58. The number of piperidine rings is 2. The van der Waals surface area contributed by atoms with E-state index in [4.69, 9.17) is 4.98 Å². The van der Waals surface area contributed by atoms with Gasteiger partial charge in [-0.3, -0.25) is 9.69 Å². The molecule has 3 aliphatic rings. The second-order valence-corrected chi connectivity index (χ2v) is 11.8. The van der Waals surface area contributed by atoms with Gasteiger partial charge in [-0.25, -0.2) is 9.78 Å². The third-order valence-corrected chi connectivity index (χ3v) is 9.17. The number of carbonyl (C=O) groups excluding carboxylic acids is 2. The molecule has 8 heteroatoms. The van der Waals surface area contributed by atoms with Crippen LogP contribution in [-0.2, 0) is 6.54 Å². The molecule has 3 amide bonds. The number of amides is 3. The Labute approximate surface area is 230 Å². The first kappa shape index (κ1) is 26.9. The molecule has 2 saturated heterocycles. The first-order valence-corrected chi connectivity index (χ1v) is 15.3. The Hall–Kier alpha value is -2.71. The number of carbonyl (C=O) groups is 2. The second-order valence-electron chi connectivity index (χ2n) is 10.9. The maximum Gasteiger partial charge on any atom is 0.317 e. The predicted molar refractivity (Wildman–Crippen MR) is 152 cm³/mol. The average molecular weight is 536 g/mol. The zero-order valence-corrected chi connectivity index (χ0v) is 23.2. The molecule has 0 radical (unpaired) electrons. The number of nitrogens with one attached hydrogen (secondary N) is 2. The van der Waals surface area contributed by atoms with Gasteiger partial charge in [0.05, 0.1) is 5.01 Å². The fraction of sp³-hybridized carbons (Fsp3) is 0.567. The molecule has 1 aromatic carbocycles. The first-order chi connectivity index (χ1) is 18.6. The van der Waals surface area contributed by atoms with E-state index in [0.717, 1.165) is 76.4 Å². The van der Waals surface area contributed by atoms with E-state index in [2.05, 4.69) is 51.9 Å². The molecule has 2 fully saturated rings. The minimum Gasteiger partial charge on any atom is -0.348 e. The van der Waals surface area contributed by atoms with Crippen LogP contribution >= 0.6 is 11.3 Å². The molecule has 5 rings (SSSR count). The minimum atomic E-state index is -0.0566. The molecule has 1 aromatic heterocycles. The fourth-order valence-corrected chi connectivity index (χ4v) is 6.79. The van der Waals surface area contributed by atoms with E-state index >= 15 is 0 Å². The Morgan fingerprint density at radius 2 is 1.79 bits per heavy atom. The van der Waals surface area contributed by atoms with E-state index in [-0.39, 0.29) is 18.0 Å². The smallest absolute Gasteiger partial charge is 0.317 e. The highest BCUT2D eigenvalue weighted by atomic mass is 32.1. The minimum absolute atomic E-state index is 0.0499. The number of rotatable bonds is 8. The van der Waals surface area contributed by atoms with Gasteiger partial charge in [0, 0.05) is 56.6 Å². The van der Waals surface area contributed by atoms with Crippen LogP contribution in [0.15, 0.2) is 47.4 Å². The normalized spacial score (nSPS) is 19.7. The molecule has 3 heterocycles. The predicted octanol–water partition coefficient (Wildman–Crippen LogP) is 5.32. The lowest BCUT2D eigenvalue weighted by atomic mass is 9.97. The van der Waals surface area contributed by atoms with Crippen LogP contribution in [0, 0.1) is 0 Å². The highest BCUT2D eigenvalue weighted by Gasteiger charge is 2.27. The van der Waals surface area contributed by atoms with E-state index in [1.54, 1.807) is 11.3 Å². The Balaban J connectivity index is 1.01. The van der Waals surface area contributed by atoms with Gasteiger partial charge in [-0.2, -0.15) is 0 Å². The van der Waals surface area contributed by atoms with E-state index in [1.165, 1.54) is 36.8 Å². The molecule has 1 aliphatic carbocycles. The van der Waals surface area contributed by atoms with Crippen LogP contribution in [0.4, 0.5) is 4.79 Å². The van der Waals surface area contributed by atoms with Gasteiger partial charge in [0.1, 0.15) is 5.69 Å². The molecule has 2 N–H and O–H groups in total. The number of benzene rings is 1. The maximum absolute atomic E-state index is 12.9. The van der Waals surface area contributed by atoms with Crippen molar-refractivity contribution in [2.24, 2.45) is 0 Å². The van der Waals surface area contributed by atoms with Crippen LogP contribution in [0.2, 0.25) is 0 Å². The van der Waals surface area contributed by atoms with Gasteiger partial charge >= 0.3 is 6.03 Å². The van der Waals surface area contributed by atoms with Crippen LogP contribution in [0.25, 0.3) is 0 Å². The summed E-state index contributed by atoms with van der Waals surface area (Å²) in [6.45, 7) is 5.15. The number of nitrogens with zero attached hydrogens (tertiary/aromatic N) is 3. The fourth-order valence-electron chi connectivity index (χ4n) is 5.82. The van der Waals surface area contributed by atoms with Crippen molar-refractivity contribution in [1.29, 1.82) is 0 Å². The molecule has 7 nitrogen and oxygen atoms in total. The monoisotopic (exact) mass is 535 g/mol. The number of thiazole rings is 1. The molecular formula is C30H41N5O2S. The van der Waals surface area contributed by atoms with Crippen LogP contribution in [-0.4, -0.2) is 65.5 Å². The quantitative estimate of drug-likeness (QED) is 0.449. The Morgan fingerprint density at radius 1 is 1.00 bits per heavy atom. The summed E-state index contributed by atoms with van der Waals surface area (Å²) in [5.74, 6) is 0.262. The van der Waals surface area contributed by atoms with Crippen molar-refractivity contribution in [3.63, 3.8) is 0 Å². The SMILES string of the molecule is O=C(NC1CCN(Cc2ccccc2)CC1)c1csc(C2CCN(C(=O)NCCC3=CCCCC3)CC2)n1. The third kappa shape index (κ3) is 7.44. The summed E-state index contributed by atoms with van der Waals surface area (Å²) in [7, 11) is 0. The van der Waals surface area contributed by atoms with Crippen molar-refractivity contribution in [3.8, 4) is 0 Å². The summed E-state index contributed by atoms with van der Waals surface area (Å²) < 4.78 is 0. The first-order valence-electron chi connectivity index (χ1n) is 14.4. The standard InChI is InChI=1S/C30H41N5O2S/c36-28(32-26-14-17-34(18-15-26)21-24-9-5-2-6-10-24)27-22-38-29(33-27)25-12-19-35(20-13-25)30(37)31-16-11-23-7-3-1-4-8-23/h2,5-7,9-10,22,25-26H,1,3-4,8,11-21H2,(H,31,37)(H,32,36). The van der Waals surface area contributed by atoms with Crippen molar-refractivity contribution < 1.29 is 9.59 Å². The molecule has 0 atom stereocenters. The lowest BCUT2D eigenvalue weighted by molar-refractivity contribution is 0.0904. The summed E-state index contributed by atoms with van der Waals surface area (Å²) in [5, 5.41) is 9.24. The van der Waals surface area contributed by atoms with Gasteiger partial charge in [-0.1, -0.05) is 42.0 Å². The van der Waals surface area contributed by atoms with Gasteiger partial charge in [-0.05, 0) is 63.4 Å². The van der Waals surface area contributed by atoms with Gasteiger partial charge in [0.25, 0.3) is 5.91 Å². The number of hydrogen-bond donors (Lipinski definition) is 2. The summed E-state index contributed by atoms with van der Waals surface area (Å²) in [6.07, 6.45) is 12.0. The van der Waals surface area contributed by atoms with Crippen molar-refractivity contribution in [1.82, 2.24) is 25.4 Å². The van der Waals surface area contributed by atoms with Crippen LogP contribution < -0.4 is 10.6 Å². The second kappa shape index (κ2) is 13.4. The molecule has 38 heavy (non-hydrogen) atoms. The van der Waals surface area contributed by atoms with Gasteiger partial charge in [-0.15, -0.1) is 11.3 Å². The highest BCUT2D eigenvalue weighted by molar-refractivity contribution is 7.09. The van der Waals surface area contributed by atoms with Crippen molar-refractivity contribution in [3.05, 3.63) is 63.6 Å². The third-order valence-electron chi connectivity index (χ3n) is 8.17. The molecule has 0 spiro atoms. The van der Waals surface area contributed by atoms with Crippen molar-refractivity contribution in [2.75, 3.05) is 32.7 Å². The topological polar surface area (TPSA) is 77.6 Å². The number of hydrogen-bond acceptors (Lipinski definition) is 5. The summed E-state index contributed by atoms with van der Waals surface area (Å²) in [5.41, 5.74) is 3.37. The van der Waals surface area contributed by atoms with Crippen LogP contribution in [0.1, 0.15) is 84.8 Å². The number of urea groups is 1. The van der Waals surface area contributed by atoms with Gasteiger partial charge in [0.2, 0.25) is 0 Å². The zero-order chi connectivity index (χ0) is 26.2.